The van der Waals surface area contributed by atoms with Crippen LogP contribution in [0, 0.1) is 0 Å². The molecule has 0 bridgehead atoms. The van der Waals surface area contributed by atoms with Gasteiger partial charge in [-0.2, -0.15) is 13.2 Å². The van der Waals surface area contributed by atoms with Gasteiger partial charge in [0.2, 0.25) is 0 Å². The summed E-state index contributed by atoms with van der Waals surface area (Å²) in [7, 11) is 1.07. The first-order valence-corrected chi connectivity index (χ1v) is 6.82. The number of nitrogens with two attached hydrogens (primary N) is 1. The first-order chi connectivity index (χ1) is 10.6. The molecule has 0 fully saturated rings. The van der Waals surface area contributed by atoms with Gasteiger partial charge < -0.3 is 10.5 Å². The number of carbonyl (C=O) groups is 1. The van der Waals surface area contributed by atoms with Gasteiger partial charge in [-0.3, -0.25) is 0 Å². The molecule has 2 N–H and O–H groups in total. The number of aromatic nitrogens is 1. The quantitative estimate of drug-likeness (QED) is 0.799. The van der Waals surface area contributed by atoms with E-state index < -0.39 is 34.8 Å². The van der Waals surface area contributed by atoms with Gasteiger partial charge in [-0.1, -0.05) is 23.2 Å². The third-order valence-corrected chi connectivity index (χ3v) is 3.47. The molecule has 2 aromatic rings. The standard InChI is InChI=1S/C14H9Cl2F3N2O2/c1-23-13(22)12-10(20)5-8(14(17,18)19)11(21-12)7-3-2-6(15)4-9(7)16/h2-5H,20H2,1H3. The predicted molar refractivity (Wildman–Crippen MR) is 80.4 cm³/mol. The molecule has 2 rings (SSSR count). The summed E-state index contributed by atoms with van der Waals surface area (Å²) < 4.78 is 44.2. The van der Waals surface area contributed by atoms with Crippen molar-refractivity contribution in [2.45, 2.75) is 6.18 Å². The molecule has 0 aliphatic heterocycles. The monoisotopic (exact) mass is 364 g/mol. The summed E-state index contributed by atoms with van der Waals surface area (Å²) in [6.07, 6.45) is -4.74. The number of esters is 1. The Morgan fingerprint density at radius 3 is 2.43 bits per heavy atom. The fraction of sp³-hybridized carbons (Fsp3) is 0.143. The zero-order valence-corrected chi connectivity index (χ0v) is 13.1. The Hall–Kier alpha value is -1.99. The minimum Gasteiger partial charge on any atom is -0.464 e. The number of pyridine rings is 1. The van der Waals surface area contributed by atoms with E-state index in [9.17, 15) is 18.0 Å². The highest BCUT2D eigenvalue weighted by Crippen LogP contribution is 2.40. The van der Waals surface area contributed by atoms with E-state index in [0.717, 1.165) is 7.11 Å². The molecule has 0 aliphatic rings. The maximum atomic E-state index is 13.3. The van der Waals surface area contributed by atoms with Gasteiger partial charge in [-0.25, -0.2) is 9.78 Å². The number of anilines is 1. The van der Waals surface area contributed by atoms with Gasteiger partial charge in [-0.15, -0.1) is 0 Å². The lowest BCUT2D eigenvalue weighted by Crippen LogP contribution is -2.15. The van der Waals surface area contributed by atoms with Crippen molar-refractivity contribution in [1.29, 1.82) is 0 Å². The molecule has 0 atom stereocenters. The number of alkyl halides is 3. The van der Waals surface area contributed by atoms with Gasteiger partial charge in [0.15, 0.2) is 5.69 Å². The number of hydrogen-bond donors (Lipinski definition) is 1. The van der Waals surface area contributed by atoms with Gasteiger partial charge in [0.1, 0.15) is 0 Å². The van der Waals surface area contributed by atoms with Gasteiger partial charge in [0.25, 0.3) is 0 Å². The van der Waals surface area contributed by atoms with Crippen LogP contribution in [0.25, 0.3) is 11.3 Å². The van der Waals surface area contributed by atoms with Crippen LogP contribution in [0.5, 0.6) is 0 Å². The first kappa shape index (κ1) is 17.4. The number of carbonyl (C=O) groups excluding carboxylic acids is 1. The van der Waals surface area contributed by atoms with Crippen molar-refractivity contribution in [3.63, 3.8) is 0 Å². The van der Waals surface area contributed by atoms with E-state index in [4.69, 9.17) is 28.9 Å². The molecule has 0 radical (unpaired) electrons. The minimum absolute atomic E-state index is 0.0338. The Morgan fingerprint density at radius 2 is 1.91 bits per heavy atom. The molecular formula is C14H9Cl2F3N2O2. The molecule has 1 aromatic heterocycles. The second-order valence-electron chi connectivity index (χ2n) is 4.44. The van der Waals surface area contributed by atoms with Crippen LogP contribution in [-0.4, -0.2) is 18.1 Å². The van der Waals surface area contributed by atoms with Crippen molar-refractivity contribution in [2.75, 3.05) is 12.8 Å². The average molecular weight is 365 g/mol. The lowest BCUT2D eigenvalue weighted by atomic mass is 10.0. The minimum atomic E-state index is -4.74. The van der Waals surface area contributed by atoms with Crippen molar-refractivity contribution in [2.24, 2.45) is 0 Å². The molecule has 1 aromatic carbocycles. The molecule has 0 saturated carbocycles. The fourth-order valence-electron chi connectivity index (χ4n) is 1.89. The van der Waals surface area contributed by atoms with Gasteiger partial charge >= 0.3 is 12.1 Å². The molecule has 4 nitrogen and oxygen atoms in total. The van der Waals surface area contributed by atoms with E-state index in [1.54, 1.807) is 0 Å². The summed E-state index contributed by atoms with van der Waals surface area (Å²) in [5.74, 6) is -0.956. The van der Waals surface area contributed by atoms with E-state index in [0.29, 0.717) is 6.07 Å². The van der Waals surface area contributed by atoms with Crippen LogP contribution in [0.3, 0.4) is 0 Å². The van der Waals surface area contributed by atoms with Crippen LogP contribution in [-0.2, 0) is 10.9 Å². The molecule has 0 unspecified atom stereocenters. The molecular weight excluding hydrogens is 356 g/mol. The number of methoxy groups -OCH3 is 1. The van der Waals surface area contributed by atoms with Gasteiger partial charge in [-0.05, 0) is 24.3 Å². The van der Waals surface area contributed by atoms with Crippen LogP contribution in [0.4, 0.5) is 18.9 Å². The maximum absolute atomic E-state index is 13.3. The summed E-state index contributed by atoms with van der Waals surface area (Å²) >= 11 is 11.7. The van der Waals surface area contributed by atoms with Crippen LogP contribution in [0.15, 0.2) is 24.3 Å². The van der Waals surface area contributed by atoms with Crippen molar-refractivity contribution in [1.82, 2.24) is 4.98 Å². The number of rotatable bonds is 2. The molecule has 0 aliphatic carbocycles. The largest absolute Gasteiger partial charge is 0.464 e. The number of nitrogen functional groups attached to an aromatic ring is 1. The van der Waals surface area contributed by atoms with Gasteiger partial charge in [0.05, 0.1) is 29.1 Å². The Balaban J connectivity index is 2.80. The Morgan fingerprint density at radius 1 is 1.26 bits per heavy atom. The Labute approximate surface area is 139 Å². The average Bonchev–Trinajstić information content (AvgIpc) is 2.45. The van der Waals surface area contributed by atoms with Crippen molar-refractivity contribution < 1.29 is 22.7 Å². The Bertz CT molecular complexity index is 779. The van der Waals surface area contributed by atoms with Crippen LogP contribution >= 0.6 is 23.2 Å². The van der Waals surface area contributed by atoms with E-state index in [1.165, 1.54) is 18.2 Å². The van der Waals surface area contributed by atoms with E-state index in [-0.39, 0.29) is 15.6 Å². The predicted octanol–water partition coefficient (Wildman–Crippen LogP) is 4.44. The molecule has 9 heteroatoms. The van der Waals surface area contributed by atoms with Crippen LogP contribution < -0.4 is 5.73 Å². The number of ether oxygens (including phenoxy) is 1. The maximum Gasteiger partial charge on any atom is 0.418 e. The normalized spacial score (nSPS) is 11.4. The van der Waals surface area contributed by atoms with E-state index >= 15 is 0 Å². The molecule has 23 heavy (non-hydrogen) atoms. The molecule has 122 valence electrons. The van der Waals surface area contributed by atoms with Crippen LogP contribution in [0.1, 0.15) is 16.1 Å². The smallest absolute Gasteiger partial charge is 0.418 e. The molecule has 1 heterocycles. The zero-order valence-electron chi connectivity index (χ0n) is 11.5. The van der Waals surface area contributed by atoms with Gasteiger partial charge in [0, 0.05) is 10.6 Å². The summed E-state index contributed by atoms with van der Waals surface area (Å²) in [6, 6.07) is 4.53. The lowest BCUT2D eigenvalue weighted by Gasteiger charge is -2.16. The highest BCUT2D eigenvalue weighted by Gasteiger charge is 2.36. The van der Waals surface area contributed by atoms with Crippen LogP contribution in [0.2, 0.25) is 10.0 Å². The fourth-order valence-corrected chi connectivity index (χ4v) is 2.39. The third-order valence-electron chi connectivity index (χ3n) is 2.92. The van der Waals surface area contributed by atoms with Crippen molar-refractivity contribution in [3.8, 4) is 11.3 Å². The highest BCUT2D eigenvalue weighted by atomic mass is 35.5. The van der Waals surface area contributed by atoms with E-state index in [2.05, 4.69) is 9.72 Å². The number of halogens is 5. The second-order valence-corrected chi connectivity index (χ2v) is 5.28. The van der Waals surface area contributed by atoms with Crippen molar-refractivity contribution in [3.05, 3.63) is 45.6 Å². The molecule has 0 amide bonds. The summed E-state index contributed by atoms with van der Waals surface area (Å²) in [6.45, 7) is 0. The second kappa shape index (κ2) is 6.25. The van der Waals surface area contributed by atoms with Crippen molar-refractivity contribution >= 4 is 34.9 Å². The first-order valence-electron chi connectivity index (χ1n) is 6.06. The summed E-state index contributed by atoms with van der Waals surface area (Å²) in [5.41, 5.74) is 2.92. The molecule has 0 spiro atoms. The number of benzene rings is 1. The Kier molecular flexibility index (Phi) is 4.72. The number of nitrogens with zero attached hydrogens (tertiary/aromatic N) is 1. The lowest BCUT2D eigenvalue weighted by molar-refractivity contribution is -0.137. The SMILES string of the molecule is COC(=O)c1nc(-c2ccc(Cl)cc2Cl)c(C(F)(F)F)cc1N. The zero-order chi connectivity index (χ0) is 17.4. The number of hydrogen-bond acceptors (Lipinski definition) is 4. The summed E-state index contributed by atoms with van der Waals surface area (Å²) in [4.78, 5) is 15.3. The summed E-state index contributed by atoms with van der Waals surface area (Å²) in [5, 5.41) is 0.201. The topological polar surface area (TPSA) is 65.2 Å². The third kappa shape index (κ3) is 3.51. The highest BCUT2D eigenvalue weighted by molar-refractivity contribution is 6.36. The van der Waals surface area contributed by atoms with E-state index in [1.807, 2.05) is 0 Å². The molecule has 0 saturated heterocycles.